The quantitative estimate of drug-likeness (QED) is 0.225. The predicted octanol–water partition coefficient (Wildman–Crippen LogP) is 7.05. The Balaban J connectivity index is 1.46. The molecule has 4 heteroatoms. The number of esters is 1. The Morgan fingerprint density at radius 2 is 1.56 bits per heavy atom. The number of halogens is 1. The number of fused-ring (bicyclic) bond motifs is 1. The number of ether oxygens (including phenoxy) is 2. The first-order chi connectivity index (χ1) is 15.6. The molecule has 0 saturated carbocycles. The molecule has 32 heavy (non-hydrogen) atoms. The van der Waals surface area contributed by atoms with Crippen LogP contribution < -0.4 is 4.74 Å². The third-order valence-corrected chi connectivity index (χ3v) is 6.70. The maximum atomic E-state index is 12.3. The maximum absolute atomic E-state index is 12.3. The van der Waals surface area contributed by atoms with Crippen molar-refractivity contribution in [2.75, 3.05) is 6.61 Å². The first-order valence-corrected chi connectivity index (χ1v) is 11.2. The van der Waals surface area contributed by atoms with E-state index in [4.69, 9.17) is 9.47 Å². The lowest BCUT2D eigenvalue weighted by Crippen LogP contribution is -2.33. The third kappa shape index (κ3) is 3.71. The highest BCUT2D eigenvalue weighted by molar-refractivity contribution is 9.10. The lowest BCUT2D eigenvalue weighted by Gasteiger charge is -2.28. The zero-order chi connectivity index (χ0) is 22.1. The first-order valence-electron chi connectivity index (χ1n) is 10.4. The molecule has 158 valence electrons. The van der Waals surface area contributed by atoms with Crippen LogP contribution in [0.3, 0.4) is 0 Å². The number of carbonyl (C=O) groups is 1. The van der Waals surface area contributed by atoms with Crippen molar-refractivity contribution >= 4 is 32.7 Å². The van der Waals surface area contributed by atoms with Crippen LogP contribution in [0, 0.1) is 0 Å². The lowest BCUT2D eigenvalue weighted by molar-refractivity contribution is -0.150. The molecule has 1 heterocycles. The average Bonchev–Trinajstić information content (AvgIpc) is 3.14. The topological polar surface area (TPSA) is 35.5 Å². The molecule has 0 aromatic heterocycles. The molecule has 5 rings (SSSR count). The van der Waals surface area contributed by atoms with Gasteiger partial charge in [0.1, 0.15) is 12.4 Å². The molecular weight excluding hydrogens is 464 g/mol. The summed E-state index contributed by atoms with van der Waals surface area (Å²) in [5.41, 5.74) is 2.68. The number of cyclic esters (lactones) is 1. The van der Waals surface area contributed by atoms with Crippen molar-refractivity contribution in [3.05, 3.63) is 113 Å². The van der Waals surface area contributed by atoms with Gasteiger partial charge in [-0.15, -0.1) is 0 Å². The van der Waals surface area contributed by atoms with Gasteiger partial charge in [-0.1, -0.05) is 91.5 Å². The fraction of sp³-hybridized carbons (Fsp3) is 0.107. The lowest BCUT2D eigenvalue weighted by atomic mass is 9.89. The van der Waals surface area contributed by atoms with Crippen LogP contribution in [-0.2, 0) is 15.1 Å². The van der Waals surface area contributed by atoms with Gasteiger partial charge in [0, 0.05) is 12.0 Å². The van der Waals surface area contributed by atoms with Crippen LogP contribution >= 0.6 is 15.9 Å². The number of hydrogen-bond acceptors (Lipinski definition) is 3. The second-order valence-corrected chi connectivity index (χ2v) is 8.79. The van der Waals surface area contributed by atoms with E-state index in [1.165, 1.54) is 0 Å². The Bertz CT molecular complexity index is 1290. The number of carbonyl (C=O) groups excluding carboxylic acids is 1. The van der Waals surface area contributed by atoms with Gasteiger partial charge in [-0.3, -0.25) is 0 Å². The zero-order valence-electron chi connectivity index (χ0n) is 17.4. The van der Waals surface area contributed by atoms with Crippen LogP contribution in [0.2, 0.25) is 0 Å². The van der Waals surface area contributed by atoms with Crippen molar-refractivity contribution in [2.24, 2.45) is 0 Å². The fourth-order valence-electron chi connectivity index (χ4n) is 4.14. The SMILES string of the molecule is C=C1CC(COc2ccc3ccccc3c2Br)(c2ccc(-c3ccccc3)cc2)OC1=O. The maximum Gasteiger partial charge on any atom is 0.334 e. The van der Waals surface area contributed by atoms with Gasteiger partial charge in [0.25, 0.3) is 0 Å². The Morgan fingerprint density at radius 1 is 0.875 bits per heavy atom. The van der Waals surface area contributed by atoms with E-state index in [9.17, 15) is 4.79 Å². The van der Waals surface area contributed by atoms with Gasteiger partial charge in [-0.05, 0) is 49.5 Å². The summed E-state index contributed by atoms with van der Waals surface area (Å²) in [6.07, 6.45) is 0.391. The van der Waals surface area contributed by atoms with Crippen LogP contribution in [-0.4, -0.2) is 12.6 Å². The molecule has 1 fully saturated rings. The largest absolute Gasteiger partial charge is 0.488 e. The highest BCUT2D eigenvalue weighted by atomic mass is 79.9. The molecule has 0 radical (unpaired) electrons. The van der Waals surface area contributed by atoms with Crippen molar-refractivity contribution in [3.63, 3.8) is 0 Å². The number of rotatable bonds is 5. The normalized spacial score (nSPS) is 18.0. The van der Waals surface area contributed by atoms with Gasteiger partial charge in [0.15, 0.2) is 5.60 Å². The van der Waals surface area contributed by atoms with Gasteiger partial charge in [-0.2, -0.15) is 0 Å². The van der Waals surface area contributed by atoms with Crippen LogP contribution in [0.15, 0.2) is 108 Å². The Kier molecular flexibility index (Phi) is 5.32. The van der Waals surface area contributed by atoms with E-state index in [1.54, 1.807) is 0 Å². The minimum atomic E-state index is -0.908. The predicted molar refractivity (Wildman–Crippen MR) is 131 cm³/mol. The molecule has 0 N–H and O–H groups in total. The summed E-state index contributed by atoms with van der Waals surface area (Å²) < 4.78 is 13.0. The summed E-state index contributed by atoms with van der Waals surface area (Å²) in [4.78, 5) is 12.3. The third-order valence-electron chi connectivity index (χ3n) is 5.88. The number of benzene rings is 4. The summed E-state index contributed by atoms with van der Waals surface area (Å²) in [6, 6.07) is 30.4. The summed E-state index contributed by atoms with van der Waals surface area (Å²) >= 11 is 3.67. The minimum absolute atomic E-state index is 0.194. The van der Waals surface area contributed by atoms with Crippen molar-refractivity contribution < 1.29 is 14.3 Å². The van der Waals surface area contributed by atoms with E-state index in [1.807, 2.05) is 72.8 Å². The van der Waals surface area contributed by atoms with Crippen LogP contribution in [0.25, 0.3) is 21.9 Å². The molecule has 1 unspecified atom stereocenters. The van der Waals surface area contributed by atoms with Gasteiger partial charge >= 0.3 is 5.97 Å². The smallest absolute Gasteiger partial charge is 0.334 e. The molecule has 0 amide bonds. The fourth-order valence-corrected chi connectivity index (χ4v) is 4.75. The summed E-state index contributed by atoms with van der Waals surface area (Å²) in [6.45, 7) is 4.09. The summed E-state index contributed by atoms with van der Waals surface area (Å²) in [7, 11) is 0. The summed E-state index contributed by atoms with van der Waals surface area (Å²) in [5, 5.41) is 2.19. The summed E-state index contributed by atoms with van der Waals surface area (Å²) in [5.74, 6) is 0.329. The van der Waals surface area contributed by atoms with E-state index in [0.717, 1.165) is 31.9 Å². The van der Waals surface area contributed by atoms with Crippen LogP contribution in [0.4, 0.5) is 0 Å². The molecule has 0 aliphatic carbocycles. The average molecular weight is 485 g/mol. The standard InChI is InChI=1S/C28H21BrO3/c1-19-17-28(32-27(19)30,23-14-11-21(12-15-23)20-7-3-2-4-8-20)18-31-25-16-13-22-9-5-6-10-24(22)26(25)29/h2-16H,1,17-18H2. The second-order valence-electron chi connectivity index (χ2n) is 8.00. The first kappa shape index (κ1) is 20.5. The molecule has 0 spiro atoms. The second kappa shape index (κ2) is 8.29. The van der Waals surface area contributed by atoms with Gasteiger partial charge in [0.2, 0.25) is 0 Å². The van der Waals surface area contributed by atoms with E-state index in [0.29, 0.717) is 17.7 Å². The molecule has 1 saturated heterocycles. The van der Waals surface area contributed by atoms with Gasteiger partial charge in [0.05, 0.1) is 4.47 Å². The van der Waals surface area contributed by atoms with Gasteiger partial charge in [-0.25, -0.2) is 4.79 Å². The molecular formula is C28H21BrO3. The van der Waals surface area contributed by atoms with Crippen LogP contribution in [0.5, 0.6) is 5.75 Å². The number of hydrogen-bond donors (Lipinski definition) is 0. The van der Waals surface area contributed by atoms with E-state index >= 15 is 0 Å². The molecule has 1 aliphatic rings. The zero-order valence-corrected chi connectivity index (χ0v) is 19.0. The Morgan fingerprint density at radius 3 is 2.28 bits per heavy atom. The Labute approximate surface area is 195 Å². The van der Waals surface area contributed by atoms with E-state index in [-0.39, 0.29) is 12.6 Å². The monoisotopic (exact) mass is 484 g/mol. The minimum Gasteiger partial charge on any atom is -0.488 e. The van der Waals surface area contributed by atoms with Gasteiger partial charge < -0.3 is 9.47 Å². The van der Waals surface area contributed by atoms with E-state index in [2.05, 4.69) is 40.7 Å². The molecule has 1 atom stereocenters. The molecule has 3 nitrogen and oxygen atoms in total. The highest BCUT2D eigenvalue weighted by Gasteiger charge is 2.45. The Hall–Kier alpha value is -3.37. The highest BCUT2D eigenvalue weighted by Crippen LogP contribution is 2.41. The van der Waals surface area contributed by atoms with E-state index < -0.39 is 5.60 Å². The van der Waals surface area contributed by atoms with Crippen molar-refractivity contribution in [2.45, 2.75) is 12.0 Å². The van der Waals surface area contributed by atoms with Crippen molar-refractivity contribution in [1.29, 1.82) is 0 Å². The molecule has 4 aromatic carbocycles. The van der Waals surface area contributed by atoms with Crippen molar-refractivity contribution in [3.8, 4) is 16.9 Å². The van der Waals surface area contributed by atoms with Crippen molar-refractivity contribution in [1.82, 2.24) is 0 Å². The molecule has 0 bridgehead atoms. The molecule has 4 aromatic rings. The van der Waals surface area contributed by atoms with Crippen LogP contribution in [0.1, 0.15) is 12.0 Å². The molecule has 1 aliphatic heterocycles.